The number of hydrogen-bond acceptors (Lipinski definition) is 5. The number of aliphatic hydroxyl groups excluding tert-OH is 1. The van der Waals surface area contributed by atoms with Gasteiger partial charge in [0.05, 0.1) is 12.6 Å². The number of nitrogens with two attached hydrogens (primary N) is 2. The van der Waals surface area contributed by atoms with Gasteiger partial charge in [-0.25, -0.2) is 0 Å². The summed E-state index contributed by atoms with van der Waals surface area (Å²) in [6, 6.07) is 2.30. The lowest BCUT2D eigenvalue weighted by Crippen LogP contribution is -2.43. The summed E-state index contributed by atoms with van der Waals surface area (Å²) in [5, 5.41) is 9.51. The van der Waals surface area contributed by atoms with Gasteiger partial charge in [0.2, 0.25) is 5.91 Å². The molecule has 0 bridgehead atoms. The minimum atomic E-state index is -0.793. The summed E-state index contributed by atoms with van der Waals surface area (Å²) in [7, 11) is 0. The van der Waals surface area contributed by atoms with Crippen molar-refractivity contribution in [1.82, 2.24) is 4.90 Å². The molecule has 2 amide bonds. The van der Waals surface area contributed by atoms with Crippen LogP contribution in [-0.2, 0) is 11.3 Å². The fraction of sp³-hybridized carbons (Fsp3) is 0.455. The van der Waals surface area contributed by atoms with Gasteiger partial charge in [0, 0.05) is 13.0 Å². The first-order chi connectivity index (χ1) is 8.52. The summed E-state index contributed by atoms with van der Waals surface area (Å²) < 4.78 is 5.22. The average Bonchev–Trinajstić information content (AvgIpc) is 2.94. The molecule has 98 valence electrons. The maximum Gasteiger partial charge on any atom is 0.290 e. The summed E-state index contributed by atoms with van der Waals surface area (Å²) in [5.41, 5.74) is 10.6. The molecule has 0 aromatic carbocycles. The van der Waals surface area contributed by atoms with Crippen molar-refractivity contribution >= 4 is 11.8 Å². The lowest BCUT2D eigenvalue weighted by atomic mass is 10.2. The molecule has 2 rings (SSSR count). The third-order valence-corrected chi connectivity index (χ3v) is 2.94. The van der Waals surface area contributed by atoms with E-state index in [2.05, 4.69) is 0 Å². The van der Waals surface area contributed by atoms with Gasteiger partial charge in [-0.3, -0.25) is 9.59 Å². The molecule has 2 atom stereocenters. The van der Waals surface area contributed by atoms with Crippen molar-refractivity contribution in [3.05, 3.63) is 23.7 Å². The first-order valence-electron chi connectivity index (χ1n) is 5.60. The molecule has 0 radical (unpaired) electrons. The summed E-state index contributed by atoms with van der Waals surface area (Å²) in [6.07, 6.45) is -0.582. The van der Waals surface area contributed by atoms with E-state index in [1.807, 2.05) is 0 Å². The van der Waals surface area contributed by atoms with Gasteiger partial charge < -0.3 is 25.9 Å². The molecule has 18 heavy (non-hydrogen) atoms. The second kappa shape index (κ2) is 4.79. The third-order valence-electron chi connectivity index (χ3n) is 2.94. The topological polar surface area (TPSA) is 123 Å². The molecular formula is C11H15N3O4. The number of amides is 2. The van der Waals surface area contributed by atoms with Crippen LogP contribution in [0.15, 0.2) is 16.5 Å². The maximum atomic E-state index is 12.1. The van der Waals surface area contributed by atoms with Gasteiger partial charge >= 0.3 is 0 Å². The maximum absolute atomic E-state index is 12.1. The van der Waals surface area contributed by atoms with Crippen LogP contribution in [0.4, 0.5) is 0 Å². The van der Waals surface area contributed by atoms with E-state index in [4.69, 9.17) is 15.9 Å². The second-order valence-electron chi connectivity index (χ2n) is 4.24. The fourth-order valence-corrected chi connectivity index (χ4v) is 2.05. The number of rotatable bonds is 3. The van der Waals surface area contributed by atoms with Crippen molar-refractivity contribution in [3.63, 3.8) is 0 Å². The van der Waals surface area contributed by atoms with E-state index >= 15 is 0 Å². The molecular weight excluding hydrogens is 238 g/mol. The average molecular weight is 253 g/mol. The number of β-amino-alcohol motifs (C(OH)–C–C–N with tert-alkyl or cyclic N) is 1. The quantitative estimate of drug-likeness (QED) is 0.624. The highest BCUT2D eigenvalue weighted by molar-refractivity contribution is 5.95. The van der Waals surface area contributed by atoms with Gasteiger partial charge in [-0.05, 0) is 12.1 Å². The van der Waals surface area contributed by atoms with Crippen molar-refractivity contribution in [1.29, 1.82) is 0 Å². The Hall–Kier alpha value is -1.86. The van der Waals surface area contributed by atoms with Gasteiger partial charge in [0.15, 0.2) is 5.76 Å². The predicted molar refractivity (Wildman–Crippen MR) is 61.2 cm³/mol. The number of primary amides is 1. The van der Waals surface area contributed by atoms with Crippen LogP contribution < -0.4 is 11.5 Å². The number of aliphatic hydroxyl groups is 1. The number of nitrogens with zero attached hydrogens (tertiary/aromatic N) is 1. The molecule has 5 N–H and O–H groups in total. The van der Waals surface area contributed by atoms with E-state index < -0.39 is 24.0 Å². The molecule has 1 aromatic heterocycles. The Bertz CT molecular complexity index is 471. The minimum absolute atomic E-state index is 0.0745. The van der Waals surface area contributed by atoms with E-state index in [0.717, 1.165) is 0 Å². The molecule has 2 unspecified atom stereocenters. The Kier molecular flexibility index (Phi) is 3.35. The molecule has 1 saturated heterocycles. The minimum Gasteiger partial charge on any atom is -0.455 e. The number of furan rings is 1. The molecule has 1 aromatic rings. The molecule has 7 nitrogen and oxygen atoms in total. The van der Waals surface area contributed by atoms with Crippen LogP contribution in [-0.4, -0.2) is 40.5 Å². The largest absolute Gasteiger partial charge is 0.455 e. The zero-order valence-electron chi connectivity index (χ0n) is 9.70. The van der Waals surface area contributed by atoms with Crippen molar-refractivity contribution in [2.75, 3.05) is 6.54 Å². The van der Waals surface area contributed by atoms with Crippen LogP contribution in [0.5, 0.6) is 0 Å². The Morgan fingerprint density at radius 1 is 1.50 bits per heavy atom. The second-order valence-corrected chi connectivity index (χ2v) is 4.24. The zero-order valence-corrected chi connectivity index (χ0v) is 9.70. The highest BCUT2D eigenvalue weighted by Gasteiger charge is 2.39. The standard InChI is InChI=1S/C11H15N3O4/c12-4-7-1-2-9(18-7)11(17)14-5-6(15)3-8(14)10(13)16/h1-2,6,8,15H,3-5,12H2,(H2,13,16). The normalized spacial score (nSPS) is 23.3. The first-order valence-corrected chi connectivity index (χ1v) is 5.60. The molecule has 0 saturated carbocycles. The first kappa shape index (κ1) is 12.6. The third kappa shape index (κ3) is 2.22. The smallest absolute Gasteiger partial charge is 0.290 e. The van der Waals surface area contributed by atoms with Gasteiger partial charge in [-0.15, -0.1) is 0 Å². The molecule has 1 aliphatic rings. The molecule has 0 aliphatic carbocycles. The van der Waals surface area contributed by atoms with Gasteiger partial charge in [-0.1, -0.05) is 0 Å². The summed E-state index contributed by atoms with van der Waals surface area (Å²) in [4.78, 5) is 24.6. The van der Waals surface area contributed by atoms with Gasteiger partial charge in [0.1, 0.15) is 11.8 Å². The monoisotopic (exact) mass is 253 g/mol. The highest BCUT2D eigenvalue weighted by atomic mass is 16.4. The number of likely N-dealkylation sites (tertiary alicyclic amines) is 1. The summed E-state index contributed by atoms with van der Waals surface area (Å²) >= 11 is 0. The molecule has 2 heterocycles. The van der Waals surface area contributed by atoms with E-state index in [-0.39, 0.29) is 25.3 Å². The van der Waals surface area contributed by atoms with E-state index in [9.17, 15) is 14.7 Å². The Morgan fingerprint density at radius 3 is 2.78 bits per heavy atom. The summed E-state index contributed by atoms with van der Waals surface area (Å²) in [5.74, 6) is -0.523. The lowest BCUT2D eigenvalue weighted by molar-refractivity contribution is -0.121. The van der Waals surface area contributed by atoms with Gasteiger partial charge in [0.25, 0.3) is 5.91 Å². The van der Waals surface area contributed by atoms with Crippen LogP contribution >= 0.6 is 0 Å². The van der Waals surface area contributed by atoms with E-state index in [1.54, 1.807) is 6.07 Å². The molecule has 7 heteroatoms. The zero-order chi connectivity index (χ0) is 13.3. The van der Waals surface area contributed by atoms with E-state index in [1.165, 1.54) is 11.0 Å². The Balaban J connectivity index is 2.19. The Labute approximate surface area is 103 Å². The fourth-order valence-electron chi connectivity index (χ4n) is 2.05. The highest BCUT2D eigenvalue weighted by Crippen LogP contribution is 2.21. The van der Waals surface area contributed by atoms with Crippen LogP contribution in [0.25, 0.3) is 0 Å². The SMILES string of the molecule is NCc1ccc(C(=O)N2CC(O)CC2C(N)=O)o1. The van der Waals surface area contributed by atoms with Crippen molar-refractivity contribution < 1.29 is 19.1 Å². The molecule has 1 aliphatic heterocycles. The van der Waals surface area contributed by atoms with E-state index in [0.29, 0.717) is 5.76 Å². The lowest BCUT2D eigenvalue weighted by Gasteiger charge is -2.20. The predicted octanol–water partition coefficient (Wildman–Crippen LogP) is -1.20. The van der Waals surface area contributed by atoms with Crippen molar-refractivity contribution in [3.8, 4) is 0 Å². The Morgan fingerprint density at radius 2 is 2.22 bits per heavy atom. The van der Waals surface area contributed by atoms with Crippen molar-refractivity contribution in [2.24, 2.45) is 11.5 Å². The molecule has 1 fully saturated rings. The number of hydrogen-bond donors (Lipinski definition) is 3. The number of carbonyl (C=O) groups is 2. The van der Waals surface area contributed by atoms with Crippen molar-refractivity contribution in [2.45, 2.75) is 25.1 Å². The van der Waals surface area contributed by atoms with Crippen LogP contribution in [0.3, 0.4) is 0 Å². The summed E-state index contributed by atoms with van der Waals surface area (Å²) in [6.45, 7) is 0.264. The van der Waals surface area contributed by atoms with Crippen LogP contribution in [0.1, 0.15) is 22.7 Å². The van der Waals surface area contributed by atoms with Crippen LogP contribution in [0, 0.1) is 0 Å². The van der Waals surface area contributed by atoms with Crippen LogP contribution in [0.2, 0.25) is 0 Å². The number of carbonyl (C=O) groups excluding carboxylic acids is 2. The molecule has 0 spiro atoms. The van der Waals surface area contributed by atoms with Gasteiger partial charge in [-0.2, -0.15) is 0 Å².